The lowest BCUT2D eigenvalue weighted by Crippen LogP contribution is -2.40. The fourth-order valence-electron chi connectivity index (χ4n) is 3.30. The quantitative estimate of drug-likeness (QED) is 0.646. The van der Waals surface area contributed by atoms with E-state index in [1.54, 1.807) is 6.92 Å². The van der Waals surface area contributed by atoms with Crippen LogP contribution in [0.3, 0.4) is 0 Å². The third-order valence-corrected chi connectivity index (χ3v) is 4.51. The van der Waals surface area contributed by atoms with Gasteiger partial charge in [-0.3, -0.25) is 0 Å². The van der Waals surface area contributed by atoms with Crippen molar-refractivity contribution in [1.82, 2.24) is 20.4 Å². The molecule has 0 radical (unpaired) electrons. The van der Waals surface area contributed by atoms with Gasteiger partial charge in [0.2, 0.25) is 5.89 Å². The third-order valence-electron chi connectivity index (χ3n) is 4.51. The molecule has 6 heteroatoms. The normalized spacial score (nSPS) is 19.2. The van der Waals surface area contributed by atoms with Gasteiger partial charge in [-0.2, -0.15) is 4.98 Å². The van der Waals surface area contributed by atoms with E-state index in [1.807, 2.05) is 0 Å². The zero-order chi connectivity index (χ0) is 15.9. The number of rotatable bonds is 6. The Hall–Kier alpha value is -1.59. The minimum atomic E-state index is 0.464. The molecule has 124 valence electrons. The van der Waals surface area contributed by atoms with Gasteiger partial charge in [-0.1, -0.05) is 31.8 Å². The van der Waals surface area contributed by atoms with Crippen LogP contribution in [0.25, 0.3) is 0 Å². The fourth-order valence-corrected chi connectivity index (χ4v) is 3.30. The van der Waals surface area contributed by atoms with Crippen molar-refractivity contribution in [2.24, 2.45) is 16.8 Å². The first kappa shape index (κ1) is 16.8. The number of likely N-dealkylation sites (tertiary alicyclic amines) is 1. The number of guanidine groups is 1. The van der Waals surface area contributed by atoms with Gasteiger partial charge in [-0.15, -0.1) is 0 Å². The lowest BCUT2D eigenvalue weighted by Gasteiger charge is -2.24. The third kappa shape index (κ3) is 4.21. The van der Waals surface area contributed by atoms with Crippen LogP contribution >= 0.6 is 0 Å². The van der Waals surface area contributed by atoms with Crippen molar-refractivity contribution in [1.29, 1.82) is 0 Å². The molecule has 1 unspecified atom stereocenters. The summed E-state index contributed by atoms with van der Waals surface area (Å²) in [6.45, 7) is 12.0. The summed E-state index contributed by atoms with van der Waals surface area (Å²) in [6, 6.07) is 0. The molecule has 1 N–H and O–H groups in total. The summed E-state index contributed by atoms with van der Waals surface area (Å²) in [6.07, 6.45) is 3.80. The second kappa shape index (κ2) is 8.15. The van der Waals surface area contributed by atoms with Crippen LogP contribution in [0, 0.1) is 18.8 Å². The molecule has 1 aromatic heterocycles. The van der Waals surface area contributed by atoms with E-state index in [9.17, 15) is 0 Å². The first-order chi connectivity index (χ1) is 10.7. The van der Waals surface area contributed by atoms with Crippen molar-refractivity contribution in [3.05, 3.63) is 11.7 Å². The summed E-state index contributed by atoms with van der Waals surface area (Å²) in [5, 5.41) is 7.29. The summed E-state index contributed by atoms with van der Waals surface area (Å²) in [5.74, 6) is 3.81. The van der Waals surface area contributed by atoms with Crippen LogP contribution in [0.1, 0.15) is 51.7 Å². The van der Waals surface area contributed by atoms with Crippen molar-refractivity contribution in [2.75, 3.05) is 19.6 Å². The van der Waals surface area contributed by atoms with E-state index in [4.69, 9.17) is 4.52 Å². The molecule has 2 heterocycles. The van der Waals surface area contributed by atoms with Gasteiger partial charge in [-0.25, -0.2) is 4.99 Å². The Morgan fingerprint density at radius 1 is 1.41 bits per heavy atom. The molecule has 6 nitrogen and oxygen atoms in total. The van der Waals surface area contributed by atoms with Gasteiger partial charge < -0.3 is 14.7 Å². The van der Waals surface area contributed by atoms with E-state index in [1.165, 1.54) is 19.3 Å². The predicted molar refractivity (Wildman–Crippen MR) is 87.6 cm³/mol. The maximum Gasteiger partial charge on any atom is 0.223 e. The average Bonchev–Trinajstić information content (AvgIpc) is 3.14. The summed E-state index contributed by atoms with van der Waals surface area (Å²) < 4.78 is 5.00. The van der Waals surface area contributed by atoms with Crippen LogP contribution in [0.5, 0.6) is 0 Å². The summed E-state index contributed by atoms with van der Waals surface area (Å²) in [5.41, 5.74) is 0. The molecule has 1 fully saturated rings. The van der Waals surface area contributed by atoms with Crippen LogP contribution in [0.2, 0.25) is 0 Å². The SMILES string of the molecule is CCNC(=NCc1noc(C)n1)N1CCC(C(CC)CC)C1. The molecule has 22 heavy (non-hydrogen) atoms. The Balaban J connectivity index is 1.99. The first-order valence-electron chi connectivity index (χ1n) is 8.50. The van der Waals surface area contributed by atoms with Gasteiger partial charge in [0.05, 0.1) is 0 Å². The molecule has 1 saturated heterocycles. The zero-order valence-corrected chi connectivity index (χ0v) is 14.3. The number of nitrogens with one attached hydrogen (secondary N) is 1. The largest absolute Gasteiger partial charge is 0.357 e. The van der Waals surface area contributed by atoms with Gasteiger partial charge in [0.25, 0.3) is 0 Å². The van der Waals surface area contributed by atoms with Gasteiger partial charge in [0.15, 0.2) is 11.8 Å². The van der Waals surface area contributed by atoms with Crippen molar-refractivity contribution >= 4 is 5.96 Å². The number of aromatic nitrogens is 2. The van der Waals surface area contributed by atoms with Crippen LogP contribution in [-0.2, 0) is 6.54 Å². The zero-order valence-electron chi connectivity index (χ0n) is 14.3. The second-order valence-electron chi connectivity index (χ2n) is 5.97. The molecule has 1 aromatic rings. The lowest BCUT2D eigenvalue weighted by atomic mass is 9.87. The minimum absolute atomic E-state index is 0.464. The smallest absolute Gasteiger partial charge is 0.223 e. The van der Waals surface area contributed by atoms with Gasteiger partial charge >= 0.3 is 0 Å². The molecule has 1 aliphatic heterocycles. The second-order valence-corrected chi connectivity index (χ2v) is 5.97. The summed E-state index contributed by atoms with van der Waals surface area (Å²) >= 11 is 0. The van der Waals surface area contributed by atoms with Gasteiger partial charge in [-0.05, 0) is 25.2 Å². The van der Waals surface area contributed by atoms with Crippen LogP contribution in [0.4, 0.5) is 0 Å². The molecule has 1 aliphatic rings. The van der Waals surface area contributed by atoms with Crippen molar-refractivity contribution < 1.29 is 4.52 Å². The molecule has 0 bridgehead atoms. The van der Waals surface area contributed by atoms with Crippen molar-refractivity contribution in [3.8, 4) is 0 Å². The van der Waals surface area contributed by atoms with E-state index in [2.05, 4.69) is 46.1 Å². The Kier molecular flexibility index (Phi) is 6.21. The number of hydrogen-bond donors (Lipinski definition) is 1. The molecule has 2 rings (SSSR count). The number of nitrogens with zero attached hydrogens (tertiary/aromatic N) is 4. The highest BCUT2D eigenvalue weighted by Crippen LogP contribution is 2.28. The number of hydrogen-bond acceptors (Lipinski definition) is 4. The first-order valence-corrected chi connectivity index (χ1v) is 8.50. The Morgan fingerprint density at radius 3 is 2.77 bits per heavy atom. The van der Waals surface area contributed by atoms with Crippen LogP contribution in [0.15, 0.2) is 9.52 Å². The van der Waals surface area contributed by atoms with E-state index in [-0.39, 0.29) is 0 Å². The topological polar surface area (TPSA) is 66.5 Å². The Labute approximate surface area is 133 Å². The molecular formula is C16H29N5O. The van der Waals surface area contributed by atoms with Gasteiger partial charge in [0, 0.05) is 26.6 Å². The maximum absolute atomic E-state index is 5.00. The highest BCUT2D eigenvalue weighted by molar-refractivity contribution is 5.80. The van der Waals surface area contributed by atoms with Crippen molar-refractivity contribution in [2.45, 2.75) is 53.5 Å². The van der Waals surface area contributed by atoms with E-state index >= 15 is 0 Å². The van der Waals surface area contributed by atoms with E-state index in [0.717, 1.165) is 37.4 Å². The Morgan fingerprint density at radius 2 is 2.18 bits per heavy atom. The number of aliphatic imine (C=N–C) groups is 1. The number of aryl methyl sites for hydroxylation is 1. The summed E-state index contributed by atoms with van der Waals surface area (Å²) in [4.78, 5) is 11.3. The summed E-state index contributed by atoms with van der Waals surface area (Å²) in [7, 11) is 0. The Bertz CT molecular complexity index is 481. The molecule has 0 aromatic carbocycles. The maximum atomic E-state index is 5.00. The molecule has 0 aliphatic carbocycles. The standard InChI is InChI=1S/C16H29N5O/c1-5-13(6-2)14-8-9-21(11-14)16(17-7-3)18-10-15-19-12(4)22-20-15/h13-14H,5-11H2,1-4H3,(H,17,18). The average molecular weight is 307 g/mol. The van der Waals surface area contributed by atoms with Crippen molar-refractivity contribution in [3.63, 3.8) is 0 Å². The minimum Gasteiger partial charge on any atom is -0.357 e. The van der Waals surface area contributed by atoms with E-state index in [0.29, 0.717) is 18.3 Å². The molecule has 1 atom stereocenters. The lowest BCUT2D eigenvalue weighted by molar-refractivity contribution is 0.319. The highest BCUT2D eigenvalue weighted by Gasteiger charge is 2.29. The van der Waals surface area contributed by atoms with Crippen LogP contribution in [-0.4, -0.2) is 40.6 Å². The van der Waals surface area contributed by atoms with Gasteiger partial charge in [0.1, 0.15) is 6.54 Å². The molecular weight excluding hydrogens is 278 g/mol. The predicted octanol–water partition coefficient (Wildman–Crippen LogP) is 2.60. The fraction of sp³-hybridized carbons (Fsp3) is 0.812. The van der Waals surface area contributed by atoms with E-state index < -0.39 is 0 Å². The molecule has 0 spiro atoms. The highest BCUT2D eigenvalue weighted by atomic mass is 16.5. The monoisotopic (exact) mass is 307 g/mol. The molecule has 0 amide bonds. The molecule has 0 saturated carbocycles. The van der Waals surface area contributed by atoms with Crippen LogP contribution < -0.4 is 5.32 Å².